The van der Waals surface area contributed by atoms with Crippen molar-refractivity contribution in [2.75, 3.05) is 32.7 Å². The number of thioether (sulfide) groups is 1. The second-order valence-electron chi connectivity index (χ2n) is 9.26. The summed E-state index contributed by atoms with van der Waals surface area (Å²) in [6, 6.07) is 9.90. The Morgan fingerprint density at radius 3 is 2.63 bits per heavy atom. The number of benzene rings is 1. The van der Waals surface area contributed by atoms with Gasteiger partial charge in [-0.15, -0.1) is 11.8 Å². The number of hydrogen-bond donors (Lipinski definition) is 1. The number of aromatic nitrogens is 3. The summed E-state index contributed by atoms with van der Waals surface area (Å²) in [5.41, 5.74) is 3.40. The maximum Gasteiger partial charge on any atom is 0.256 e. The van der Waals surface area contributed by atoms with Gasteiger partial charge in [-0.05, 0) is 18.9 Å². The molecule has 0 unspecified atom stereocenters. The van der Waals surface area contributed by atoms with Crippen molar-refractivity contribution in [3.8, 4) is 0 Å². The zero-order valence-corrected chi connectivity index (χ0v) is 21.8. The molecule has 0 radical (unpaired) electrons. The quantitative estimate of drug-likeness (QED) is 0.508. The molecule has 0 saturated carbocycles. The summed E-state index contributed by atoms with van der Waals surface area (Å²) in [4.78, 5) is 35.7. The van der Waals surface area contributed by atoms with Crippen molar-refractivity contribution in [1.82, 2.24) is 29.9 Å². The largest absolute Gasteiger partial charge is 0.351 e. The van der Waals surface area contributed by atoms with E-state index in [2.05, 4.69) is 34.1 Å². The lowest BCUT2D eigenvalue weighted by atomic mass is 10.1. The fourth-order valence-electron chi connectivity index (χ4n) is 4.45. The van der Waals surface area contributed by atoms with E-state index in [1.54, 1.807) is 22.6 Å². The van der Waals surface area contributed by atoms with E-state index in [1.807, 2.05) is 49.2 Å². The molecule has 0 spiro atoms. The molecule has 0 bridgehead atoms. The number of nitrogens with zero attached hydrogens (tertiary/aromatic N) is 5. The lowest BCUT2D eigenvalue weighted by Gasteiger charge is -2.23. The van der Waals surface area contributed by atoms with Gasteiger partial charge in [-0.1, -0.05) is 44.2 Å². The van der Waals surface area contributed by atoms with Crippen LogP contribution in [0.4, 0.5) is 0 Å². The van der Waals surface area contributed by atoms with Gasteiger partial charge in [0.2, 0.25) is 5.91 Å². The highest BCUT2D eigenvalue weighted by molar-refractivity contribution is 8.00. The van der Waals surface area contributed by atoms with Crippen LogP contribution in [-0.2, 0) is 18.4 Å². The molecule has 2 aromatic heterocycles. The molecule has 8 nitrogen and oxygen atoms in total. The van der Waals surface area contributed by atoms with E-state index in [4.69, 9.17) is 0 Å². The van der Waals surface area contributed by atoms with Crippen LogP contribution >= 0.6 is 11.8 Å². The van der Waals surface area contributed by atoms with Crippen LogP contribution in [0.15, 0.2) is 41.4 Å². The molecule has 1 saturated heterocycles. The minimum atomic E-state index is 0.00109. The van der Waals surface area contributed by atoms with E-state index in [9.17, 15) is 9.59 Å². The van der Waals surface area contributed by atoms with Crippen molar-refractivity contribution in [3.05, 3.63) is 53.3 Å². The fourth-order valence-corrected chi connectivity index (χ4v) is 5.54. The first-order valence-electron chi connectivity index (χ1n) is 12.1. The molecule has 1 aliphatic rings. The number of carbonyl (C=O) groups is 2. The molecule has 1 aliphatic heterocycles. The van der Waals surface area contributed by atoms with Gasteiger partial charge < -0.3 is 10.2 Å². The lowest BCUT2D eigenvalue weighted by molar-refractivity contribution is -0.122. The Morgan fingerprint density at radius 2 is 1.89 bits per heavy atom. The van der Waals surface area contributed by atoms with Crippen molar-refractivity contribution >= 4 is 34.6 Å². The summed E-state index contributed by atoms with van der Waals surface area (Å²) >= 11 is 1.69. The van der Waals surface area contributed by atoms with Crippen molar-refractivity contribution < 1.29 is 9.59 Å². The van der Waals surface area contributed by atoms with Gasteiger partial charge in [0.15, 0.2) is 5.65 Å². The summed E-state index contributed by atoms with van der Waals surface area (Å²) in [6.45, 7) is 9.79. The number of hydrogen-bond acceptors (Lipinski definition) is 6. The van der Waals surface area contributed by atoms with E-state index < -0.39 is 0 Å². The molecule has 4 rings (SSSR count). The Morgan fingerprint density at radius 1 is 1.11 bits per heavy atom. The van der Waals surface area contributed by atoms with E-state index in [-0.39, 0.29) is 11.8 Å². The van der Waals surface area contributed by atoms with Gasteiger partial charge in [-0.3, -0.25) is 19.2 Å². The fraction of sp³-hybridized carbons (Fsp3) is 0.462. The van der Waals surface area contributed by atoms with Crippen molar-refractivity contribution in [1.29, 1.82) is 0 Å². The molecule has 3 aromatic rings. The Labute approximate surface area is 211 Å². The number of amides is 2. The first-order valence-corrected chi connectivity index (χ1v) is 13.0. The van der Waals surface area contributed by atoms with Crippen LogP contribution in [0.25, 0.3) is 11.0 Å². The maximum atomic E-state index is 13.7. The molecule has 0 aliphatic carbocycles. The molecule has 186 valence electrons. The zero-order valence-electron chi connectivity index (χ0n) is 21.0. The SMILES string of the molecule is Cc1nn(C)c2ncc(C(=O)N3CCCN(CC(=O)NCc4ccccc4)CC3)c(SC(C)C)c12. The van der Waals surface area contributed by atoms with Gasteiger partial charge >= 0.3 is 0 Å². The van der Waals surface area contributed by atoms with Gasteiger partial charge in [-0.2, -0.15) is 5.10 Å². The van der Waals surface area contributed by atoms with E-state index >= 15 is 0 Å². The molecule has 1 N–H and O–H groups in total. The highest BCUT2D eigenvalue weighted by Crippen LogP contribution is 2.35. The van der Waals surface area contributed by atoms with Crippen molar-refractivity contribution in [2.45, 2.75) is 43.9 Å². The summed E-state index contributed by atoms with van der Waals surface area (Å²) in [6.07, 6.45) is 2.53. The molecule has 1 fully saturated rings. The third-order valence-electron chi connectivity index (χ3n) is 6.14. The van der Waals surface area contributed by atoms with Gasteiger partial charge in [-0.25, -0.2) is 4.98 Å². The number of rotatable bonds is 7. The van der Waals surface area contributed by atoms with Crippen LogP contribution in [0, 0.1) is 6.92 Å². The third kappa shape index (κ3) is 6.02. The van der Waals surface area contributed by atoms with Gasteiger partial charge in [0, 0.05) is 56.1 Å². The topological polar surface area (TPSA) is 83.4 Å². The van der Waals surface area contributed by atoms with E-state index in [1.165, 1.54) is 0 Å². The Hall–Kier alpha value is -2.91. The second-order valence-corrected chi connectivity index (χ2v) is 10.8. The predicted molar refractivity (Wildman–Crippen MR) is 139 cm³/mol. The van der Waals surface area contributed by atoms with Gasteiger partial charge in [0.05, 0.1) is 23.2 Å². The Balaban J connectivity index is 1.43. The van der Waals surface area contributed by atoms with E-state index in [0.29, 0.717) is 43.5 Å². The predicted octanol–water partition coefficient (Wildman–Crippen LogP) is 3.24. The maximum absolute atomic E-state index is 13.7. The van der Waals surface area contributed by atoms with Crippen LogP contribution in [0.2, 0.25) is 0 Å². The molecule has 9 heteroatoms. The van der Waals surface area contributed by atoms with Crippen LogP contribution in [0.5, 0.6) is 0 Å². The standard InChI is InChI=1S/C26H34N6O2S/c1-18(2)35-24-21(16-28-25-23(24)19(3)29-30(25)4)26(34)32-12-8-11-31(13-14-32)17-22(33)27-15-20-9-6-5-7-10-20/h5-7,9-10,16,18H,8,11-15,17H2,1-4H3,(H,27,33). The Bertz CT molecular complexity index is 1190. The van der Waals surface area contributed by atoms with Crippen LogP contribution in [0.1, 0.15) is 41.9 Å². The second kappa shape index (κ2) is 11.2. The summed E-state index contributed by atoms with van der Waals surface area (Å²) in [5, 5.41) is 8.81. The molecular formula is C26H34N6O2S. The molecule has 35 heavy (non-hydrogen) atoms. The van der Waals surface area contributed by atoms with Crippen LogP contribution in [0.3, 0.4) is 0 Å². The number of pyridine rings is 1. The highest BCUT2D eigenvalue weighted by atomic mass is 32.2. The molecule has 1 aromatic carbocycles. The summed E-state index contributed by atoms with van der Waals surface area (Å²) in [5.74, 6) is 0.00661. The average Bonchev–Trinajstić information content (AvgIpc) is 2.98. The molecule has 2 amide bonds. The van der Waals surface area contributed by atoms with Gasteiger partial charge in [0.25, 0.3) is 5.91 Å². The number of carbonyl (C=O) groups excluding carboxylic acids is 2. The number of nitrogens with one attached hydrogen (secondary N) is 1. The molecule has 3 heterocycles. The third-order valence-corrected chi connectivity index (χ3v) is 7.27. The monoisotopic (exact) mass is 494 g/mol. The number of aryl methyl sites for hydroxylation is 2. The zero-order chi connectivity index (χ0) is 24.9. The van der Waals surface area contributed by atoms with E-state index in [0.717, 1.165) is 40.2 Å². The first-order chi connectivity index (χ1) is 16.8. The van der Waals surface area contributed by atoms with Crippen molar-refractivity contribution in [2.24, 2.45) is 7.05 Å². The molecular weight excluding hydrogens is 460 g/mol. The summed E-state index contributed by atoms with van der Waals surface area (Å²) < 4.78 is 1.77. The smallest absolute Gasteiger partial charge is 0.256 e. The first kappa shape index (κ1) is 25.2. The number of fused-ring (bicyclic) bond motifs is 1. The highest BCUT2D eigenvalue weighted by Gasteiger charge is 2.26. The average molecular weight is 495 g/mol. The Kier molecular flexibility index (Phi) is 8.07. The van der Waals surface area contributed by atoms with Crippen LogP contribution < -0.4 is 5.32 Å². The van der Waals surface area contributed by atoms with Crippen molar-refractivity contribution in [3.63, 3.8) is 0 Å². The minimum Gasteiger partial charge on any atom is -0.351 e. The lowest BCUT2D eigenvalue weighted by Crippen LogP contribution is -2.40. The summed E-state index contributed by atoms with van der Waals surface area (Å²) in [7, 11) is 1.88. The molecule has 0 atom stereocenters. The minimum absolute atomic E-state index is 0.00109. The normalized spacial score (nSPS) is 14.9. The van der Waals surface area contributed by atoms with Gasteiger partial charge in [0.1, 0.15) is 0 Å². The van der Waals surface area contributed by atoms with Crippen LogP contribution in [-0.4, -0.2) is 74.4 Å².